The summed E-state index contributed by atoms with van der Waals surface area (Å²) in [4.78, 5) is 0. The Hall–Kier alpha value is -9.01. The predicted molar refractivity (Wildman–Crippen MR) is 256 cm³/mol. The van der Waals surface area contributed by atoms with E-state index < -0.39 is 30.7 Å². The van der Waals surface area contributed by atoms with Gasteiger partial charge in [-0.2, -0.15) is 58.4 Å². The Balaban J connectivity index is 0.00000108. The third kappa shape index (κ3) is 29.4. The molecule has 9 heterocycles. The van der Waals surface area contributed by atoms with Gasteiger partial charge in [0.25, 0.3) is 68.3 Å². The maximum Gasteiger partial charge on any atom is 3.00 e. The van der Waals surface area contributed by atoms with Crippen LogP contribution in [-0.2, 0) is 0 Å². The van der Waals surface area contributed by atoms with E-state index in [0.29, 0.717) is 42.6 Å². The Labute approximate surface area is 545 Å². The van der Waals surface area contributed by atoms with Crippen LogP contribution >= 0.6 is 0 Å². The van der Waals surface area contributed by atoms with Crippen LogP contribution in [0.4, 0.5) is 0 Å². The monoisotopic (exact) mass is 1420 g/mol. The molecule has 0 aliphatic carbocycles. The van der Waals surface area contributed by atoms with Gasteiger partial charge in [-0.05, 0) is 54.6 Å². The number of aromatic nitrogens is 9. The molecule has 0 N–H and O–H groups in total. The molecule has 0 aliphatic rings. The molecule has 0 bridgehead atoms. The molecule has 0 saturated carbocycles. The minimum absolute atomic E-state index is 0. The molecule has 33 nitrogen and oxygen atoms in total. The third-order valence-corrected chi connectivity index (χ3v) is 9.36. The first-order chi connectivity index (χ1) is 40.8. The second-order valence-electron chi connectivity index (χ2n) is 15.0. The number of hydrogen-bond acceptors (Lipinski definition) is 24. The van der Waals surface area contributed by atoms with Gasteiger partial charge in [0, 0.05) is 130 Å². The van der Waals surface area contributed by atoms with E-state index in [2.05, 4.69) is 0 Å². The largest absolute Gasteiger partial charge is 3.00 e. The van der Waals surface area contributed by atoms with Crippen LogP contribution in [-0.4, -0.2) is 0 Å². The third-order valence-electron chi connectivity index (χ3n) is 9.36. The van der Waals surface area contributed by atoms with Crippen LogP contribution in [0.3, 0.4) is 0 Å². The molecule has 9 aromatic heterocycles. The topological polar surface area (TPSA) is 591 Å². The number of nitriles is 3. The Kier molecular flexibility index (Phi) is 35.6. The molecule has 88 heavy (non-hydrogen) atoms. The van der Waals surface area contributed by atoms with E-state index in [4.69, 9.17) is 71.7 Å². The van der Waals surface area contributed by atoms with Crippen molar-refractivity contribution >= 4 is 0 Å². The number of hydrogen-bond donors (Lipinski definition) is 0. The molecule has 460 valence electrons. The standard InChI is InChI=1S/3C15H11N3O3.3C2H3N.3ClHO4.Eu/c3*19-16-10-3-1-6-12(16)14-8-5-9-15(18(14)21)13-7-2-4-11-17(13)20;3*1-2-3;3*2-1(3,4)5;/h3*1-11H;3*1H3;3*(H,2,3,4,5);/q;;;;;;;;;+3/p-3. The summed E-state index contributed by atoms with van der Waals surface area (Å²) >= 11 is 0. The Bertz CT molecular complexity index is 3150. The smallest absolute Gasteiger partial charge is 0.618 e. The quantitative estimate of drug-likeness (QED) is 0.110. The van der Waals surface area contributed by atoms with Crippen molar-refractivity contribution in [1.82, 2.24) is 0 Å². The summed E-state index contributed by atoms with van der Waals surface area (Å²) in [6.07, 6.45) is 7.91. The molecular weight excluding hydrogens is 1370 g/mol. The van der Waals surface area contributed by atoms with Crippen LogP contribution in [0.1, 0.15) is 20.8 Å². The summed E-state index contributed by atoms with van der Waals surface area (Å²) in [5, 5.41) is 130. The zero-order valence-corrected chi connectivity index (χ0v) is 49.7. The van der Waals surface area contributed by atoms with Gasteiger partial charge in [0.2, 0.25) is 0 Å². The summed E-state index contributed by atoms with van der Waals surface area (Å²) in [7, 11) is -14.8. The summed E-state index contributed by atoms with van der Waals surface area (Å²) in [5.41, 5.74) is 2.47. The van der Waals surface area contributed by atoms with E-state index in [9.17, 15) is 46.9 Å². The molecule has 0 aromatic carbocycles. The van der Waals surface area contributed by atoms with E-state index in [1.165, 1.54) is 94.4 Å². The zero-order valence-electron chi connectivity index (χ0n) is 45.0. The van der Waals surface area contributed by atoms with Gasteiger partial charge in [0.05, 0.1) is 18.2 Å². The molecule has 0 spiro atoms. The molecule has 0 saturated heterocycles. The Morgan fingerprint density at radius 1 is 0.239 bits per heavy atom. The molecule has 9 aromatic rings. The minimum Gasteiger partial charge on any atom is -0.618 e. The second-order valence-corrected chi connectivity index (χ2v) is 17.3. The molecule has 0 radical (unpaired) electrons. The van der Waals surface area contributed by atoms with Gasteiger partial charge >= 0.3 is 49.4 Å². The Morgan fingerprint density at radius 3 is 0.443 bits per heavy atom. The van der Waals surface area contributed by atoms with E-state index in [1.54, 1.807) is 146 Å². The van der Waals surface area contributed by atoms with Crippen molar-refractivity contribution in [1.29, 1.82) is 15.8 Å². The molecule has 0 unspecified atom stereocenters. The summed E-state index contributed by atoms with van der Waals surface area (Å²) < 4.78 is 107. The fourth-order valence-electron chi connectivity index (χ4n) is 6.38. The van der Waals surface area contributed by atoms with Crippen molar-refractivity contribution in [3.05, 3.63) is 248 Å². The molecule has 37 heteroatoms. The maximum absolute atomic E-state index is 12.5. The number of halogens is 3. The van der Waals surface area contributed by atoms with Gasteiger partial charge in [-0.25, -0.2) is 55.9 Å². The van der Waals surface area contributed by atoms with Crippen molar-refractivity contribution in [3.8, 4) is 86.5 Å². The van der Waals surface area contributed by atoms with Crippen molar-refractivity contribution in [2.24, 2.45) is 0 Å². The van der Waals surface area contributed by atoms with Gasteiger partial charge in [-0.1, -0.05) is 0 Å². The molecule has 0 aliphatic heterocycles. The molecule has 0 amide bonds. The van der Waals surface area contributed by atoms with Crippen LogP contribution in [0.25, 0.3) is 68.3 Å². The first kappa shape index (κ1) is 79.0. The zero-order chi connectivity index (χ0) is 66.1. The molecular formula is C51H42Cl3EuN12O21. The predicted octanol–water partition coefficient (Wildman–Crippen LogP) is -9.92. The summed E-state index contributed by atoms with van der Waals surface area (Å²) in [5.74, 6) is 0. The van der Waals surface area contributed by atoms with Crippen molar-refractivity contribution in [2.75, 3.05) is 0 Å². The normalized spacial score (nSPS) is 9.82. The fraction of sp³-hybridized carbons (Fsp3) is 0.0588. The summed E-state index contributed by atoms with van der Waals surface area (Å²) in [6.45, 7) is 4.29. The number of pyridine rings is 9. The van der Waals surface area contributed by atoms with Gasteiger partial charge in [-0.3, -0.25) is 0 Å². The van der Waals surface area contributed by atoms with Crippen LogP contribution in [0.15, 0.2) is 201 Å². The van der Waals surface area contributed by atoms with E-state index in [-0.39, 0.29) is 118 Å². The van der Waals surface area contributed by atoms with Gasteiger partial charge in [0.1, 0.15) is 0 Å². The van der Waals surface area contributed by atoms with Gasteiger partial charge in [0.15, 0.2) is 37.2 Å². The summed E-state index contributed by atoms with van der Waals surface area (Å²) in [6, 6.07) is 48.2. The number of nitrogens with zero attached hydrogens (tertiary/aromatic N) is 12. The van der Waals surface area contributed by atoms with Crippen LogP contribution in [0, 0.1) is 161 Å². The molecule has 0 fully saturated rings. The van der Waals surface area contributed by atoms with Crippen LogP contribution < -0.4 is 98.5 Å². The average Bonchev–Trinajstić information content (AvgIpc) is 1.32. The van der Waals surface area contributed by atoms with Crippen molar-refractivity contribution < 1.29 is 179 Å². The first-order valence-corrected chi connectivity index (χ1v) is 26.6. The minimum atomic E-state index is -4.94. The Morgan fingerprint density at radius 2 is 0.341 bits per heavy atom. The maximum atomic E-state index is 12.5. The first-order valence-electron chi connectivity index (χ1n) is 22.9. The average molecular weight is 1420 g/mol. The second kappa shape index (κ2) is 39.6. The molecule has 9 rings (SSSR count). The van der Waals surface area contributed by atoms with Crippen molar-refractivity contribution in [2.45, 2.75) is 20.8 Å². The SMILES string of the molecule is CC#N.CC#N.CC#N.[Eu+3].[O-][Cl+3]([O-])([O-])[O-].[O-][Cl+3]([O-])([O-])[O-].[O-][Cl+3]([O-])([O-])[O-].[O-][n+]1ccccc1-c1cccc(-c2cccc[n+]2[O-])[n+]1[O-].[O-][n+]1ccccc1-c1cccc(-c2cccc[n+]2[O-])[n+]1[O-].[O-][n+]1ccccc1-c1cccc(-c2cccc[n+]2[O-])[n+]1[O-]. The van der Waals surface area contributed by atoms with Gasteiger partial charge < -0.3 is 46.9 Å². The van der Waals surface area contributed by atoms with E-state index >= 15 is 0 Å². The van der Waals surface area contributed by atoms with E-state index in [1.807, 2.05) is 0 Å². The molecule has 0 atom stereocenters. The van der Waals surface area contributed by atoms with Crippen LogP contribution in [0.2, 0.25) is 0 Å². The van der Waals surface area contributed by atoms with Crippen LogP contribution in [0.5, 0.6) is 0 Å². The van der Waals surface area contributed by atoms with Gasteiger partial charge in [-0.15, -0.1) is 30.7 Å². The van der Waals surface area contributed by atoms with E-state index in [0.717, 1.165) is 0 Å². The van der Waals surface area contributed by atoms with Crippen molar-refractivity contribution in [3.63, 3.8) is 0 Å². The fourth-order valence-corrected chi connectivity index (χ4v) is 6.38. The number of rotatable bonds is 6.